The summed E-state index contributed by atoms with van der Waals surface area (Å²) in [5.74, 6) is -1.42. The number of carbonyl (C=O) groups is 2. The number of carbonyl (C=O) groups excluding carboxylic acids is 2. The Morgan fingerprint density at radius 3 is 2.61 bits per heavy atom. The molecule has 0 unspecified atom stereocenters. The second-order valence-corrected chi connectivity index (χ2v) is 8.53. The number of furan rings is 1. The van der Waals surface area contributed by atoms with Crippen LogP contribution in [0.15, 0.2) is 70.1 Å². The molecule has 182 valence electrons. The van der Waals surface area contributed by atoms with Crippen LogP contribution in [-0.2, 0) is 22.6 Å². The van der Waals surface area contributed by atoms with Crippen LogP contribution in [-0.4, -0.2) is 32.5 Å². The van der Waals surface area contributed by atoms with Crippen LogP contribution in [0.3, 0.4) is 0 Å². The van der Waals surface area contributed by atoms with E-state index in [0.717, 1.165) is 15.8 Å². The van der Waals surface area contributed by atoms with Gasteiger partial charge in [-0.1, -0.05) is 24.3 Å². The predicted molar refractivity (Wildman–Crippen MR) is 130 cm³/mol. The molecule has 5 aromatic rings. The molecule has 9 heteroatoms. The zero-order chi connectivity index (χ0) is 25.4. The van der Waals surface area contributed by atoms with Crippen molar-refractivity contribution < 1.29 is 23.1 Å². The van der Waals surface area contributed by atoms with Crippen molar-refractivity contribution >= 4 is 33.8 Å². The van der Waals surface area contributed by atoms with Crippen molar-refractivity contribution in [3.05, 3.63) is 99.6 Å². The molecule has 5 rings (SSSR count). The van der Waals surface area contributed by atoms with E-state index in [2.05, 4.69) is 4.98 Å². The van der Waals surface area contributed by atoms with E-state index in [-0.39, 0.29) is 17.2 Å². The zero-order valence-electron chi connectivity index (χ0n) is 19.7. The molecule has 36 heavy (non-hydrogen) atoms. The van der Waals surface area contributed by atoms with Crippen LogP contribution in [0.5, 0.6) is 0 Å². The fourth-order valence-electron chi connectivity index (χ4n) is 4.24. The second kappa shape index (κ2) is 9.26. The standard InChI is InChI=1S/C27H22FN3O5/c1-16-11-21(17(2)31(16)12-18-7-9-19(28)10-8-18)22(32)14-35-24(33)13-30-15-29-25-20-5-3-4-6-23(20)36-26(25)27(30)34/h3-11,15H,12-14H2,1-2H3. The van der Waals surface area contributed by atoms with E-state index in [1.165, 1.54) is 18.5 Å². The highest BCUT2D eigenvalue weighted by Crippen LogP contribution is 2.24. The Hall–Kier alpha value is -4.53. The molecule has 0 aliphatic heterocycles. The van der Waals surface area contributed by atoms with Gasteiger partial charge in [-0.05, 0) is 49.7 Å². The van der Waals surface area contributed by atoms with E-state index in [1.807, 2.05) is 17.6 Å². The molecule has 0 aliphatic carbocycles. The molecule has 3 aromatic heterocycles. The van der Waals surface area contributed by atoms with Crippen LogP contribution in [0.2, 0.25) is 0 Å². The fraction of sp³-hybridized carbons (Fsp3) is 0.185. The number of ether oxygens (including phenoxy) is 1. The van der Waals surface area contributed by atoms with Crippen LogP contribution in [0.25, 0.3) is 22.1 Å². The average Bonchev–Trinajstić information content (AvgIpc) is 3.39. The van der Waals surface area contributed by atoms with Gasteiger partial charge in [-0.3, -0.25) is 19.0 Å². The monoisotopic (exact) mass is 487 g/mol. The minimum absolute atomic E-state index is 0.0520. The third kappa shape index (κ3) is 4.31. The summed E-state index contributed by atoms with van der Waals surface area (Å²) in [5.41, 5.74) is 3.39. The maximum Gasteiger partial charge on any atom is 0.326 e. The van der Waals surface area contributed by atoms with Gasteiger partial charge < -0.3 is 13.7 Å². The number of fused-ring (bicyclic) bond motifs is 3. The minimum Gasteiger partial charge on any atom is -0.456 e. The molecule has 0 fully saturated rings. The molecule has 3 heterocycles. The molecule has 0 N–H and O–H groups in total. The highest BCUT2D eigenvalue weighted by Gasteiger charge is 2.19. The lowest BCUT2D eigenvalue weighted by Crippen LogP contribution is -2.26. The number of benzene rings is 2. The summed E-state index contributed by atoms with van der Waals surface area (Å²) in [6, 6.07) is 15.0. The van der Waals surface area contributed by atoms with Gasteiger partial charge in [0, 0.05) is 28.9 Å². The molecule has 0 saturated carbocycles. The number of ketones is 1. The molecule has 0 spiro atoms. The largest absolute Gasteiger partial charge is 0.456 e. The molecule has 0 radical (unpaired) electrons. The van der Waals surface area contributed by atoms with Crippen molar-refractivity contribution in [2.45, 2.75) is 26.9 Å². The first-order valence-corrected chi connectivity index (χ1v) is 11.3. The van der Waals surface area contributed by atoms with Crippen LogP contribution in [0.1, 0.15) is 27.3 Å². The van der Waals surface area contributed by atoms with Crippen molar-refractivity contribution in [3.8, 4) is 0 Å². The Balaban J connectivity index is 1.26. The molecule has 2 aromatic carbocycles. The van der Waals surface area contributed by atoms with E-state index in [0.29, 0.717) is 34.3 Å². The maximum atomic E-state index is 13.2. The SMILES string of the molecule is Cc1cc(C(=O)COC(=O)Cn2cnc3c(oc4ccccc43)c2=O)c(C)n1Cc1ccc(F)cc1. The lowest BCUT2D eigenvalue weighted by atomic mass is 10.1. The van der Waals surface area contributed by atoms with Gasteiger partial charge in [-0.2, -0.15) is 0 Å². The van der Waals surface area contributed by atoms with Crippen LogP contribution < -0.4 is 5.56 Å². The van der Waals surface area contributed by atoms with E-state index in [9.17, 15) is 18.8 Å². The lowest BCUT2D eigenvalue weighted by molar-refractivity contribution is -0.143. The number of halogens is 1. The first-order chi connectivity index (χ1) is 17.3. The molecule has 0 bridgehead atoms. The first kappa shape index (κ1) is 23.2. The smallest absolute Gasteiger partial charge is 0.326 e. The van der Waals surface area contributed by atoms with E-state index < -0.39 is 24.7 Å². The number of hydrogen-bond donors (Lipinski definition) is 0. The quantitative estimate of drug-likeness (QED) is 0.253. The number of esters is 1. The van der Waals surface area contributed by atoms with Crippen molar-refractivity contribution in [1.82, 2.24) is 14.1 Å². The summed E-state index contributed by atoms with van der Waals surface area (Å²) < 4.78 is 27.0. The second-order valence-electron chi connectivity index (χ2n) is 8.53. The molecule has 0 atom stereocenters. The summed E-state index contributed by atoms with van der Waals surface area (Å²) >= 11 is 0. The van der Waals surface area contributed by atoms with Gasteiger partial charge in [-0.15, -0.1) is 0 Å². The Morgan fingerprint density at radius 1 is 1.08 bits per heavy atom. The topological polar surface area (TPSA) is 96.3 Å². The van der Waals surface area contributed by atoms with Crippen molar-refractivity contribution in [2.24, 2.45) is 0 Å². The number of nitrogens with zero attached hydrogens (tertiary/aromatic N) is 3. The van der Waals surface area contributed by atoms with Gasteiger partial charge in [0.05, 0.1) is 6.33 Å². The summed E-state index contributed by atoms with van der Waals surface area (Å²) in [4.78, 5) is 42.2. The Labute approximate surface area is 204 Å². The van der Waals surface area contributed by atoms with Crippen LogP contribution in [0, 0.1) is 19.7 Å². The van der Waals surface area contributed by atoms with Gasteiger partial charge in [0.2, 0.25) is 11.4 Å². The van der Waals surface area contributed by atoms with Crippen molar-refractivity contribution in [2.75, 3.05) is 6.61 Å². The Morgan fingerprint density at radius 2 is 1.83 bits per heavy atom. The maximum absolute atomic E-state index is 13.2. The number of aryl methyl sites for hydroxylation is 1. The van der Waals surface area contributed by atoms with E-state index >= 15 is 0 Å². The van der Waals surface area contributed by atoms with Crippen LogP contribution >= 0.6 is 0 Å². The van der Waals surface area contributed by atoms with E-state index in [4.69, 9.17) is 9.15 Å². The summed E-state index contributed by atoms with van der Waals surface area (Å²) in [7, 11) is 0. The summed E-state index contributed by atoms with van der Waals surface area (Å²) in [6.07, 6.45) is 1.26. The minimum atomic E-state index is -0.747. The first-order valence-electron chi connectivity index (χ1n) is 11.3. The number of hydrogen-bond acceptors (Lipinski definition) is 6. The van der Waals surface area contributed by atoms with Gasteiger partial charge in [-0.25, -0.2) is 9.37 Å². The molecule has 0 aliphatic rings. The fourth-order valence-corrected chi connectivity index (χ4v) is 4.24. The predicted octanol–water partition coefficient (Wildman–Crippen LogP) is 4.17. The number of rotatable bonds is 7. The Kier molecular flexibility index (Phi) is 5.97. The molecule has 0 amide bonds. The summed E-state index contributed by atoms with van der Waals surface area (Å²) in [5, 5.41) is 0.710. The van der Waals surface area contributed by atoms with Gasteiger partial charge in [0.15, 0.2) is 6.61 Å². The zero-order valence-corrected chi connectivity index (χ0v) is 19.7. The Bertz CT molecular complexity index is 1680. The van der Waals surface area contributed by atoms with Gasteiger partial charge in [0.1, 0.15) is 23.5 Å². The summed E-state index contributed by atoms with van der Waals surface area (Å²) in [6.45, 7) is 3.28. The molecular weight excluding hydrogens is 465 g/mol. The van der Waals surface area contributed by atoms with Crippen molar-refractivity contribution in [1.29, 1.82) is 0 Å². The lowest BCUT2D eigenvalue weighted by Gasteiger charge is -2.10. The van der Waals surface area contributed by atoms with Gasteiger partial charge in [0.25, 0.3) is 5.56 Å². The van der Waals surface area contributed by atoms with Gasteiger partial charge >= 0.3 is 5.97 Å². The third-order valence-corrected chi connectivity index (χ3v) is 6.14. The number of aromatic nitrogens is 3. The van der Waals surface area contributed by atoms with Crippen LogP contribution in [0.4, 0.5) is 4.39 Å². The highest BCUT2D eigenvalue weighted by atomic mass is 19.1. The third-order valence-electron chi connectivity index (χ3n) is 6.14. The molecular formula is C27H22FN3O5. The normalized spacial score (nSPS) is 11.3. The molecule has 8 nitrogen and oxygen atoms in total. The van der Waals surface area contributed by atoms with E-state index in [1.54, 1.807) is 43.3 Å². The molecule has 0 saturated heterocycles. The number of para-hydroxylation sites is 1. The highest BCUT2D eigenvalue weighted by molar-refractivity contribution is 6.02. The average molecular weight is 487 g/mol. The number of Topliss-reactive ketones (excluding diaryl/α,β-unsaturated/α-hetero) is 1. The van der Waals surface area contributed by atoms with Crippen molar-refractivity contribution in [3.63, 3.8) is 0 Å².